The number of likely N-dealkylation sites (tertiary alicyclic amines) is 1. The summed E-state index contributed by atoms with van der Waals surface area (Å²) in [6, 6.07) is 9.83. The number of methoxy groups -OCH3 is 1. The van der Waals surface area contributed by atoms with Crippen molar-refractivity contribution >= 4 is 11.8 Å². The first-order valence-corrected chi connectivity index (χ1v) is 9.94. The largest absolute Gasteiger partial charge is 0.453 e. The minimum Gasteiger partial charge on any atom is -0.453 e. The molecule has 1 aliphatic rings. The summed E-state index contributed by atoms with van der Waals surface area (Å²) >= 11 is 0. The number of benzene rings is 1. The van der Waals surface area contributed by atoms with E-state index in [1.54, 1.807) is 42.3 Å². The molecule has 2 aromatic rings. The summed E-state index contributed by atoms with van der Waals surface area (Å²) in [5.41, 5.74) is 0.474. The number of rotatable bonds is 8. The molecule has 6 nitrogen and oxygen atoms in total. The van der Waals surface area contributed by atoms with Crippen LogP contribution in [0.4, 0.5) is 4.39 Å². The van der Waals surface area contributed by atoms with Crippen molar-refractivity contribution in [3.8, 4) is 0 Å². The molecule has 1 aliphatic heterocycles. The maximum absolute atomic E-state index is 13.6. The monoisotopic (exact) mass is 402 g/mol. The third-order valence-corrected chi connectivity index (χ3v) is 5.18. The van der Waals surface area contributed by atoms with E-state index in [2.05, 4.69) is 5.32 Å². The molecule has 29 heavy (non-hydrogen) atoms. The van der Waals surface area contributed by atoms with Crippen LogP contribution in [-0.2, 0) is 22.7 Å². The van der Waals surface area contributed by atoms with Gasteiger partial charge in [0.15, 0.2) is 5.76 Å². The Kier molecular flexibility index (Phi) is 7.41. The zero-order chi connectivity index (χ0) is 20.6. The van der Waals surface area contributed by atoms with E-state index in [1.807, 2.05) is 0 Å². The molecule has 2 amide bonds. The Morgan fingerprint density at radius 3 is 2.90 bits per heavy atom. The van der Waals surface area contributed by atoms with Crippen LogP contribution >= 0.6 is 0 Å². The Morgan fingerprint density at radius 1 is 1.28 bits per heavy atom. The molecule has 0 unspecified atom stereocenters. The molecular weight excluding hydrogens is 375 g/mol. The molecule has 156 valence electrons. The molecule has 0 spiro atoms. The summed E-state index contributed by atoms with van der Waals surface area (Å²) in [7, 11) is 1.58. The topological polar surface area (TPSA) is 71.8 Å². The first kappa shape index (κ1) is 21.0. The average molecular weight is 402 g/mol. The summed E-state index contributed by atoms with van der Waals surface area (Å²) < 4.78 is 24.2. The van der Waals surface area contributed by atoms with E-state index in [0.717, 1.165) is 12.8 Å². The fourth-order valence-corrected chi connectivity index (χ4v) is 3.61. The number of amides is 2. The van der Waals surface area contributed by atoms with Gasteiger partial charge in [-0.2, -0.15) is 0 Å². The van der Waals surface area contributed by atoms with Crippen LogP contribution in [0, 0.1) is 11.7 Å². The molecule has 1 saturated heterocycles. The van der Waals surface area contributed by atoms with Gasteiger partial charge in [-0.25, -0.2) is 4.39 Å². The molecule has 0 radical (unpaired) electrons. The Morgan fingerprint density at radius 2 is 2.10 bits per heavy atom. The standard InChI is InChI=1S/C22H27FN2O4/c1-28-15-18-9-10-20(29-18)22(27)25-12-4-5-16(14-25)8-11-21(26)24-13-17-6-2-3-7-19(17)23/h2-3,6-7,9-10,16H,4-5,8,11-15H2,1H3,(H,24,26)/t16-/m0/s1. The lowest BCUT2D eigenvalue weighted by Crippen LogP contribution is -2.40. The van der Waals surface area contributed by atoms with Crippen molar-refractivity contribution in [1.29, 1.82) is 0 Å². The number of piperidine rings is 1. The summed E-state index contributed by atoms with van der Waals surface area (Å²) in [5, 5.41) is 2.77. The van der Waals surface area contributed by atoms with E-state index in [4.69, 9.17) is 9.15 Å². The molecular formula is C22H27FN2O4. The van der Waals surface area contributed by atoms with Crippen molar-refractivity contribution in [2.75, 3.05) is 20.2 Å². The van der Waals surface area contributed by atoms with Crippen molar-refractivity contribution in [3.05, 3.63) is 59.3 Å². The highest BCUT2D eigenvalue weighted by Gasteiger charge is 2.26. The van der Waals surface area contributed by atoms with Gasteiger partial charge in [-0.15, -0.1) is 0 Å². The third-order valence-electron chi connectivity index (χ3n) is 5.18. The van der Waals surface area contributed by atoms with Crippen LogP contribution in [0.25, 0.3) is 0 Å². The minimum absolute atomic E-state index is 0.105. The highest BCUT2D eigenvalue weighted by molar-refractivity contribution is 5.91. The number of hydrogen-bond acceptors (Lipinski definition) is 4. The lowest BCUT2D eigenvalue weighted by Gasteiger charge is -2.32. The Bertz CT molecular complexity index is 836. The fourth-order valence-electron chi connectivity index (χ4n) is 3.61. The molecule has 1 aromatic carbocycles. The lowest BCUT2D eigenvalue weighted by molar-refractivity contribution is -0.121. The molecule has 1 fully saturated rings. The van der Waals surface area contributed by atoms with Gasteiger partial charge in [0.2, 0.25) is 5.91 Å². The van der Waals surface area contributed by atoms with Gasteiger partial charge in [0.25, 0.3) is 5.91 Å². The number of hydrogen-bond donors (Lipinski definition) is 1. The summed E-state index contributed by atoms with van der Waals surface area (Å²) in [6.45, 7) is 1.82. The zero-order valence-electron chi connectivity index (χ0n) is 16.7. The smallest absolute Gasteiger partial charge is 0.289 e. The number of halogens is 1. The first-order chi connectivity index (χ1) is 14.1. The second-order valence-electron chi connectivity index (χ2n) is 7.37. The normalized spacial score (nSPS) is 16.6. The van der Waals surface area contributed by atoms with Gasteiger partial charge in [-0.1, -0.05) is 18.2 Å². The van der Waals surface area contributed by atoms with E-state index in [9.17, 15) is 14.0 Å². The zero-order valence-corrected chi connectivity index (χ0v) is 16.7. The Hall–Kier alpha value is -2.67. The molecule has 0 aliphatic carbocycles. The maximum atomic E-state index is 13.6. The van der Waals surface area contributed by atoms with E-state index < -0.39 is 0 Å². The number of carbonyl (C=O) groups is 2. The molecule has 0 saturated carbocycles. The highest BCUT2D eigenvalue weighted by Crippen LogP contribution is 2.23. The number of ether oxygens (including phenoxy) is 1. The predicted octanol–water partition coefficient (Wildman–Crippen LogP) is 3.51. The lowest BCUT2D eigenvalue weighted by atomic mass is 9.93. The average Bonchev–Trinajstić information content (AvgIpc) is 3.20. The summed E-state index contributed by atoms with van der Waals surface area (Å²) in [6.07, 6.45) is 2.94. The van der Waals surface area contributed by atoms with Crippen LogP contribution in [0.3, 0.4) is 0 Å². The highest BCUT2D eigenvalue weighted by atomic mass is 19.1. The van der Waals surface area contributed by atoms with Crippen LogP contribution in [0.5, 0.6) is 0 Å². The van der Waals surface area contributed by atoms with E-state index >= 15 is 0 Å². The van der Waals surface area contributed by atoms with Crippen molar-refractivity contribution in [3.63, 3.8) is 0 Å². The SMILES string of the molecule is COCc1ccc(C(=O)N2CCC[C@@H](CCC(=O)NCc3ccccc3F)C2)o1. The summed E-state index contributed by atoms with van der Waals surface area (Å²) in [4.78, 5) is 26.6. The van der Waals surface area contributed by atoms with E-state index in [0.29, 0.717) is 49.6 Å². The third kappa shape index (κ3) is 5.90. The summed E-state index contributed by atoms with van der Waals surface area (Å²) in [5.74, 6) is 0.658. The van der Waals surface area contributed by atoms with Crippen molar-refractivity contribution in [2.24, 2.45) is 5.92 Å². The van der Waals surface area contributed by atoms with Gasteiger partial charge in [0.1, 0.15) is 18.2 Å². The molecule has 0 bridgehead atoms. The van der Waals surface area contributed by atoms with Crippen molar-refractivity contribution < 1.29 is 23.1 Å². The number of carbonyl (C=O) groups excluding carboxylic acids is 2. The second-order valence-corrected chi connectivity index (χ2v) is 7.37. The van der Waals surface area contributed by atoms with Gasteiger partial charge in [0, 0.05) is 38.7 Å². The number of nitrogens with one attached hydrogen (secondary N) is 1. The molecule has 1 N–H and O–H groups in total. The van der Waals surface area contributed by atoms with E-state index in [-0.39, 0.29) is 30.1 Å². The van der Waals surface area contributed by atoms with Crippen molar-refractivity contribution in [1.82, 2.24) is 10.2 Å². The predicted molar refractivity (Wildman–Crippen MR) is 106 cm³/mol. The first-order valence-electron chi connectivity index (χ1n) is 9.94. The number of nitrogens with zero attached hydrogens (tertiary/aromatic N) is 1. The Labute approximate surface area is 170 Å². The van der Waals surface area contributed by atoms with Crippen LogP contribution < -0.4 is 5.32 Å². The molecule has 1 aromatic heterocycles. The van der Waals surface area contributed by atoms with Gasteiger partial charge in [-0.3, -0.25) is 9.59 Å². The van der Waals surface area contributed by atoms with Gasteiger partial charge in [0.05, 0.1) is 0 Å². The maximum Gasteiger partial charge on any atom is 0.289 e. The van der Waals surface area contributed by atoms with Crippen LogP contribution in [0.1, 0.15) is 47.6 Å². The Balaban J connectivity index is 1.44. The number of furan rings is 1. The van der Waals surface area contributed by atoms with E-state index in [1.165, 1.54) is 6.07 Å². The van der Waals surface area contributed by atoms with Crippen LogP contribution in [0.15, 0.2) is 40.8 Å². The van der Waals surface area contributed by atoms with Crippen LogP contribution in [0.2, 0.25) is 0 Å². The quantitative estimate of drug-likeness (QED) is 0.733. The van der Waals surface area contributed by atoms with Gasteiger partial charge in [-0.05, 0) is 43.4 Å². The van der Waals surface area contributed by atoms with Gasteiger partial charge < -0.3 is 19.4 Å². The van der Waals surface area contributed by atoms with Gasteiger partial charge >= 0.3 is 0 Å². The fraction of sp³-hybridized carbons (Fsp3) is 0.455. The molecule has 2 heterocycles. The second kappa shape index (κ2) is 10.2. The van der Waals surface area contributed by atoms with Crippen LogP contribution in [-0.4, -0.2) is 36.9 Å². The minimum atomic E-state index is -0.319. The van der Waals surface area contributed by atoms with Crippen molar-refractivity contribution in [2.45, 2.75) is 38.8 Å². The molecule has 7 heteroatoms. The molecule has 3 rings (SSSR count). The molecule has 1 atom stereocenters.